The number of aryl methyl sites for hydroxylation is 1. The van der Waals surface area contributed by atoms with E-state index in [1.807, 2.05) is 12.1 Å². The normalized spacial score (nSPS) is 17.3. The summed E-state index contributed by atoms with van der Waals surface area (Å²) in [4.78, 5) is 10.5. The molecule has 0 saturated carbocycles. The third-order valence-electron chi connectivity index (χ3n) is 2.95. The Balaban J connectivity index is 0.000000203. The van der Waals surface area contributed by atoms with E-state index in [2.05, 4.69) is 0 Å². The predicted octanol–water partition coefficient (Wildman–Crippen LogP) is 1.07. The van der Waals surface area contributed by atoms with Crippen LogP contribution < -0.4 is 5.73 Å². The van der Waals surface area contributed by atoms with E-state index < -0.39 is 21.8 Å². The highest BCUT2D eigenvalue weighted by Gasteiger charge is 2.24. The van der Waals surface area contributed by atoms with E-state index in [4.69, 9.17) is 10.8 Å². The average Bonchev–Trinajstić information content (AvgIpc) is 2.66. The Morgan fingerprint density at radius 1 is 1.32 bits per heavy atom. The number of carboxylic acids is 1. The van der Waals surface area contributed by atoms with Gasteiger partial charge < -0.3 is 10.8 Å². The fourth-order valence-electron chi connectivity index (χ4n) is 1.65. The Kier molecular flexibility index (Phi) is 5.08. The largest absolute Gasteiger partial charge is 0.480 e. The third-order valence-corrected chi connectivity index (χ3v) is 4.76. The van der Waals surface area contributed by atoms with Gasteiger partial charge in [-0.3, -0.25) is 4.79 Å². The molecule has 1 atom stereocenters. The molecule has 0 aliphatic carbocycles. The molecule has 0 spiro atoms. The van der Waals surface area contributed by atoms with E-state index in [1.165, 1.54) is 0 Å². The minimum atomic E-state index is -2.91. The number of rotatable bonds is 2. The summed E-state index contributed by atoms with van der Waals surface area (Å²) < 4.78 is 22.5. The lowest BCUT2D eigenvalue weighted by molar-refractivity contribution is -0.139. The van der Waals surface area contributed by atoms with Crippen molar-refractivity contribution in [1.82, 2.24) is 0 Å². The molecule has 106 valence electrons. The van der Waals surface area contributed by atoms with Crippen LogP contribution in [0.15, 0.2) is 29.2 Å². The number of sulfone groups is 1. The van der Waals surface area contributed by atoms with Crippen LogP contribution in [0.25, 0.3) is 0 Å². The van der Waals surface area contributed by atoms with Gasteiger partial charge in [0, 0.05) is 0 Å². The average molecular weight is 285 g/mol. The van der Waals surface area contributed by atoms with Gasteiger partial charge in [-0.05, 0) is 24.0 Å². The fourth-order valence-corrected chi connectivity index (χ4v) is 3.22. The minimum absolute atomic E-state index is 0.0208. The first kappa shape index (κ1) is 15.7. The van der Waals surface area contributed by atoms with Gasteiger partial charge in [0.05, 0.1) is 10.6 Å². The molecule has 1 aliphatic heterocycles. The summed E-state index contributed by atoms with van der Waals surface area (Å²) in [6, 6.07) is 6.48. The Hall–Kier alpha value is -1.40. The van der Waals surface area contributed by atoms with Crippen molar-refractivity contribution in [3.05, 3.63) is 29.8 Å². The number of carboxylic acid groups (broad SMARTS) is 1. The molecule has 0 radical (unpaired) electrons. The van der Waals surface area contributed by atoms with Gasteiger partial charge in [0.2, 0.25) is 0 Å². The summed E-state index contributed by atoms with van der Waals surface area (Å²) in [7, 11) is -2.91. The number of fused-ring (bicyclic) bond motifs is 1. The maximum Gasteiger partial charge on any atom is 0.320 e. The van der Waals surface area contributed by atoms with Crippen molar-refractivity contribution >= 4 is 15.8 Å². The van der Waals surface area contributed by atoms with Gasteiger partial charge in [-0.15, -0.1) is 0 Å². The van der Waals surface area contributed by atoms with E-state index in [0.29, 0.717) is 11.3 Å². The molecule has 0 fully saturated rings. The lowest BCUT2D eigenvalue weighted by Gasteiger charge is -2.07. The Labute approximate surface area is 113 Å². The van der Waals surface area contributed by atoms with Crippen molar-refractivity contribution in [1.29, 1.82) is 0 Å². The van der Waals surface area contributed by atoms with Gasteiger partial charge in [0.1, 0.15) is 6.04 Å². The Bertz CT molecular complexity index is 552. The van der Waals surface area contributed by atoms with Crippen LogP contribution in [0.4, 0.5) is 0 Å². The van der Waals surface area contributed by atoms with E-state index in [1.54, 1.807) is 26.0 Å². The number of nitrogens with two attached hydrogens (primary N) is 1. The monoisotopic (exact) mass is 285 g/mol. The molecule has 3 N–H and O–H groups in total. The predicted molar refractivity (Wildman–Crippen MR) is 72.6 cm³/mol. The summed E-state index contributed by atoms with van der Waals surface area (Å²) in [5, 5.41) is 8.23. The summed E-state index contributed by atoms with van der Waals surface area (Å²) in [5.41, 5.74) is 6.12. The summed E-state index contributed by atoms with van der Waals surface area (Å²) >= 11 is 0. The molecule has 0 saturated heterocycles. The molecular weight excluding hydrogens is 266 g/mol. The minimum Gasteiger partial charge on any atom is -0.480 e. The lowest BCUT2D eigenvalue weighted by Crippen LogP contribution is -2.34. The van der Waals surface area contributed by atoms with Gasteiger partial charge in [0.15, 0.2) is 9.84 Å². The van der Waals surface area contributed by atoms with E-state index >= 15 is 0 Å². The quantitative estimate of drug-likeness (QED) is 0.847. The third kappa shape index (κ3) is 4.04. The fraction of sp³-hybridized carbons (Fsp3) is 0.462. The smallest absolute Gasteiger partial charge is 0.320 e. The van der Waals surface area contributed by atoms with Crippen LogP contribution in [-0.4, -0.2) is 31.3 Å². The van der Waals surface area contributed by atoms with Crippen LogP contribution in [-0.2, 0) is 21.1 Å². The van der Waals surface area contributed by atoms with Gasteiger partial charge in [-0.2, -0.15) is 0 Å². The standard InChI is InChI=1S/C8H8O2S.C5H11NO2/c9-11(10)6-5-7-3-1-2-4-8(7)11;1-3(2)4(6)5(7)8/h1-4H,5-6H2;3-4H,6H2,1-2H3,(H,7,8)/t;4-/m.0/s1. The number of carbonyl (C=O) groups is 1. The maximum absolute atomic E-state index is 11.3. The van der Waals surface area contributed by atoms with Crippen molar-refractivity contribution in [3.8, 4) is 0 Å². The van der Waals surface area contributed by atoms with Crippen LogP contribution in [0.2, 0.25) is 0 Å². The number of aliphatic carboxylic acids is 1. The molecule has 1 aromatic carbocycles. The van der Waals surface area contributed by atoms with Crippen molar-refractivity contribution in [3.63, 3.8) is 0 Å². The molecule has 19 heavy (non-hydrogen) atoms. The van der Waals surface area contributed by atoms with Gasteiger partial charge in [0.25, 0.3) is 0 Å². The number of hydrogen-bond acceptors (Lipinski definition) is 4. The summed E-state index contributed by atoms with van der Waals surface area (Å²) in [6.45, 7) is 3.55. The van der Waals surface area contributed by atoms with Crippen molar-refractivity contribution < 1.29 is 18.3 Å². The second-order valence-electron chi connectivity index (χ2n) is 4.78. The highest BCUT2D eigenvalue weighted by atomic mass is 32.2. The lowest BCUT2D eigenvalue weighted by atomic mass is 10.1. The molecule has 1 aromatic rings. The SMILES string of the molecule is CC(C)[C@H](N)C(=O)O.O=S1(=O)CCc2ccccc21. The topological polar surface area (TPSA) is 97.5 Å². The summed E-state index contributed by atoms with van der Waals surface area (Å²) in [5.74, 6) is -0.626. The molecule has 0 unspecified atom stereocenters. The van der Waals surface area contributed by atoms with Crippen LogP contribution in [0.1, 0.15) is 19.4 Å². The van der Waals surface area contributed by atoms with Crippen LogP contribution in [0.3, 0.4) is 0 Å². The van der Waals surface area contributed by atoms with Crippen LogP contribution in [0, 0.1) is 5.92 Å². The highest BCUT2D eigenvalue weighted by Crippen LogP contribution is 2.24. The number of hydrogen-bond donors (Lipinski definition) is 2. The molecule has 1 aliphatic rings. The van der Waals surface area contributed by atoms with Crippen molar-refractivity contribution in [2.45, 2.75) is 31.2 Å². The van der Waals surface area contributed by atoms with Crippen LogP contribution >= 0.6 is 0 Å². The molecule has 2 rings (SSSR count). The molecular formula is C13H19NO4S. The highest BCUT2D eigenvalue weighted by molar-refractivity contribution is 7.91. The first-order valence-electron chi connectivity index (χ1n) is 6.04. The second kappa shape index (κ2) is 6.16. The van der Waals surface area contributed by atoms with E-state index in [-0.39, 0.29) is 11.7 Å². The first-order valence-corrected chi connectivity index (χ1v) is 7.70. The van der Waals surface area contributed by atoms with Gasteiger partial charge in [-0.25, -0.2) is 8.42 Å². The van der Waals surface area contributed by atoms with Crippen molar-refractivity contribution in [2.75, 3.05) is 5.75 Å². The summed E-state index contributed by atoms with van der Waals surface area (Å²) in [6.07, 6.45) is 0.679. The molecule has 0 aromatic heterocycles. The molecule has 6 heteroatoms. The maximum atomic E-state index is 11.3. The molecule has 5 nitrogen and oxygen atoms in total. The zero-order chi connectivity index (χ0) is 14.6. The Morgan fingerprint density at radius 3 is 2.32 bits per heavy atom. The molecule has 0 bridgehead atoms. The zero-order valence-electron chi connectivity index (χ0n) is 11.0. The molecule has 1 heterocycles. The van der Waals surface area contributed by atoms with Gasteiger partial charge in [-0.1, -0.05) is 32.0 Å². The second-order valence-corrected chi connectivity index (χ2v) is 6.86. The van der Waals surface area contributed by atoms with Crippen molar-refractivity contribution in [2.24, 2.45) is 11.7 Å². The first-order chi connectivity index (χ1) is 8.75. The van der Waals surface area contributed by atoms with Crippen LogP contribution in [0.5, 0.6) is 0 Å². The Morgan fingerprint density at radius 2 is 1.89 bits per heavy atom. The number of benzene rings is 1. The molecule has 0 amide bonds. The van der Waals surface area contributed by atoms with E-state index in [0.717, 1.165) is 5.56 Å². The van der Waals surface area contributed by atoms with E-state index in [9.17, 15) is 13.2 Å². The van der Waals surface area contributed by atoms with Gasteiger partial charge >= 0.3 is 5.97 Å². The zero-order valence-corrected chi connectivity index (χ0v) is 11.9.